The molecular formula is C52H79N5O12. The van der Waals surface area contributed by atoms with Crippen molar-refractivity contribution >= 4 is 29.2 Å². The van der Waals surface area contributed by atoms with Crippen LogP contribution in [0.2, 0.25) is 0 Å². The molecule has 5 rings (SSSR count). The van der Waals surface area contributed by atoms with Gasteiger partial charge in [0.2, 0.25) is 5.79 Å². The van der Waals surface area contributed by atoms with Crippen molar-refractivity contribution < 1.29 is 57.9 Å². The summed E-state index contributed by atoms with van der Waals surface area (Å²) < 4.78 is 29.9. The molecule has 1 amide bonds. The number of hydrogen-bond acceptors (Lipinski definition) is 15. The zero-order valence-corrected chi connectivity index (χ0v) is 42.5. The molecule has 2 unspecified atom stereocenters. The second-order valence-corrected chi connectivity index (χ2v) is 20.3. The van der Waals surface area contributed by atoms with Crippen molar-refractivity contribution in [3.05, 3.63) is 53.9 Å². The highest BCUT2D eigenvalue weighted by Gasteiger charge is 2.53. The van der Waals surface area contributed by atoms with Crippen LogP contribution in [0.3, 0.4) is 0 Å². The first-order valence-corrected chi connectivity index (χ1v) is 25.0. The zero-order valence-electron chi connectivity index (χ0n) is 42.5. The number of carbonyl (C=O) groups excluding carboxylic acids is 5. The highest BCUT2D eigenvalue weighted by atomic mass is 16.6. The predicted molar refractivity (Wildman–Crippen MR) is 256 cm³/mol. The fourth-order valence-corrected chi connectivity index (χ4v) is 10.7. The number of aliphatic hydroxyl groups is 2. The Labute approximate surface area is 408 Å². The molecule has 2 saturated heterocycles. The van der Waals surface area contributed by atoms with Gasteiger partial charge in [-0.2, -0.15) is 4.80 Å². The average molecular weight is 966 g/mol. The number of amides is 1. The number of aliphatic hydroxyl groups excluding tert-OH is 1. The molecule has 384 valence electrons. The summed E-state index contributed by atoms with van der Waals surface area (Å²) >= 11 is 0. The standard InChI is InChI=1S/C52H79N5O12/c1-31-16-12-11-13-17-32(2)43(65-8)28-39-21-19-37(7)52(64,69-39)49(61)50(62)56-23-15-14-18-41(56)51(63)68-44(34(4)26-38-20-22-40(45(27-38)66-9)57-54-30-53-55-57)29-42(58)33(3)25-36(6)47(60)48(67-10)46(59)35(5)24-31/h11-13,16-17,25,30-31,33-35,37-41,43-45,47-48,60,64H,14-15,18-24,26-29H2,1-10H3/b13-11?,16-12+,32-17?,36-25+/t31-,33-,34-,35+,37-,38?,39+,40+,41+,43?,44+,45-,47-,48+,52-/m1/s1. The Morgan fingerprint density at radius 1 is 0.884 bits per heavy atom. The van der Waals surface area contributed by atoms with Crippen molar-refractivity contribution in [1.29, 1.82) is 0 Å². The SMILES string of the molecule is COC1C[C@@H]2CC[C@@H](C)[C@@](O)(O2)C(=O)C(=O)N2CCCC[C@H]2C(=O)O[C@H]([C@H](C)CC2CC[C@H](n3ncnn3)[C@H](OC)C2)CC(=O)[C@H](C)/C=C(\C)[C@@H](O)[C@@H](OC)C(=O)[C@@H](C)C[C@H](C)/C=C/C=CC=C1C. The van der Waals surface area contributed by atoms with Gasteiger partial charge in [-0.25, -0.2) is 4.79 Å². The third-order valence-corrected chi connectivity index (χ3v) is 15.1. The van der Waals surface area contributed by atoms with E-state index in [-0.39, 0.29) is 60.9 Å². The molecule has 1 aromatic heterocycles. The summed E-state index contributed by atoms with van der Waals surface area (Å²) in [7, 11) is 4.61. The molecule has 2 bridgehead atoms. The van der Waals surface area contributed by atoms with Crippen LogP contribution in [0.1, 0.15) is 132 Å². The van der Waals surface area contributed by atoms with Crippen molar-refractivity contribution in [3.8, 4) is 0 Å². The third kappa shape index (κ3) is 14.2. The van der Waals surface area contributed by atoms with E-state index in [1.807, 2.05) is 58.1 Å². The van der Waals surface area contributed by atoms with Gasteiger partial charge in [-0.05, 0) is 112 Å². The Morgan fingerprint density at radius 2 is 1.64 bits per heavy atom. The number of Topliss-reactive ketones (excluding diaryl/α,β-unsaturated/α-hetero) is 3. The Balaban J connectivity index is 1.46. The van der Waals surface area contributed by atoms with E-state index in [0.717, 1.165) is 18.4 Å². The Morgan fingerprint density at radius 3 is 2.32 bits per heavy atom. The van der Waals surface area contributed by atoms with E-state index >= 15 is 0 Å². The molecule has 15 atom stereocenters. The van der Waals surface area contributed by atoms with Crippen LogP contribution in [0.5, 0.6) is 0 Å². The van der Waals surface area contributed by atoms with E-state index in [4.69, 9.17) is 23.7 Å². The van der Waals surface area contributed by atoms with Gasteiger partial charge in [0.15, 0.2) is 12.1 Å². The average Bonchev–Trinajstić information content (AvgIpc) is 3.88. The third-order valence-electron chi connectivity index (χ3n) is 15.1. The molecular weight excluding hydrogens is 887 g/mol. The first-order chi connectivity index (χ1) is 32.8. The van der Waals surface area contributed by atoms with Gasteiger partial charge >= 0.3 is 5.97 Å². The van der Waals surface area contributed by atoms with Crippen molar-refractivity contribution in [1.82, 2.24) is 25.1 Å². The van der Waals surface area contributed by atoms with Gasteiger partial charge in [0.05, 0.1) is 24.4 Å². The fraction of sp³-hybridized carbons (Fsp3) is 0.731. The lowest BCUT2D eigenvalue weighted by molar-refractivity contribution is -0.265. The van der Waals surface area contributed by atoms with Crippen LogP contribution in [0.15, 0.2) is 53.9 Å². The highest BCUT2D eigenvalue weighted by Crippen LogP contribution is 2.39. The lowest BCUT2D eigenvalue weighted by Gasteiger charge is -2.42. The minimum atomic E-state index is -2.43. The number of hydrogen-bond donors (Lipinski definition) is 2. The molecule has 1 aliphatic carbocycles. The fourth-order valence-electron chi connectivity index (χ4n) is 10.7. The monoisotopic (exact) mass is 966 g/mol. The van der Waals surface area contributed by atoms with Crippen LogP contribution in [0, 0.1) is 35.5 Å². The molecule has 0 spiro atoms. The molecule has 4 aliphatic rings. The zero-order chi connectivity index (χ0) is 50.6. The second-order valence-electron chi connectivity index (χ2n) is 20.3. The predicted octanol–water partition coefficient (Wildman–Crippen LogP) is 6.05. The molecule has 0 aromatic carbocycles. The number of tetrazole rings is 1. The number of fused-ring (bicyclic) bond motifs is 3. The number of rotatable bonds is 7. The van der Waals surface area contributed by atoms with Gasteiger partial charge in [0.1, 0.15) is 30.1 Å². The minimum Gasteiger partial charge on any atom is -0.460 e. The number of cyclic esters (lactones) is 1. The number of ketones is 3. The smallest absolute Gasteiger partial charge is 0.329 e. The summed E-state index contributed by atoms with van der Waals surface area (Å²) in [6.45, 7) is 12.8. The molecule has 4 heterocycles. The van der Waals surface area contributed by atoms with Crippen LogP contribution in [-0.4, -0.2) is 141 Å². The Bertz CT molecular complexity index is 2020. The normalized spacial score (nSPS) is 37.5. The Hall–Kier alpha value is -4.26. The van der Waals surface area contributed by atoms with Gasteiger partial charge in [0, 0.05) is 58.5 Å². The minimum absolute atomic E-state index is 0.0168. The number of allylic oxidation sites excluding steroid dienone is 6. The lowest BCUT2D eigenvalue weighted by Crippen LogP contribution is -2.61. The van der Waals surface area contributed by atoms with E-state index in [0.29, 0.717) is 56.9 Å². The number of nitrogens with zero attached hydrogens (tertiary/aromatic N) is 5. The summed E-state index contributed by atoms with van der Waals surface area (Å²) in [5.74, 6) is -7.94. The van der Waals surface area contributed by atoms with Crippen LogP contribution in [-0.2, 0) is 47.7 Å². The Kier molecular flexibility index (Phi) is 20.8. The van der Waals surface area contributed by atoms with Gasteiger partial charge in [-0.15, -0.1) is 10.2 Å². The number of aromatic nitrogens is 4. The molecule has 17 heteroatoms. The molecule has 1 aromatic rings. The highest BCUT2D eigenvalue weighted by molar-refractivity contribution is 6.39. The molecule has 17 nitrogen and oxygen atoms in total. The maximum Gasteiger partial charge on any atom is 0.329 e. The van der Waals surface area contributed by atoms with Crippen LogP contribution in [0.25, 0.3) is 0 Å². The van der Waals surface area contributed by atoms with Gasteiger partial charge in [-0.3, -0.25) is 19.2 Å². The first-order valence-electron chi connectivity index (χ1n) is 25.0. The largest absolute Gasteiger partial charge is 0.460 e. The molecule has 69 heavy (non-hydrogen) atoms. The second kappa shape index (κ2) is 25.7. The van der Waals surface area contributed by atoms with Crippen molar-refractivity contribution in [2.75, 3.05) is 27.9 Å². The van der Waals surface area contributed by atoms with Crippen molar-refractivity contribution in [2.24, 2.45) is 35.5 Å². The summed E-state index contributed by atoms with van der Waals surface area (Å²) in [4.78, 5) is 73.9. The number of esters is 1. The quantitative estimate of drug-likeness (QED) is 0.181. The van der Waals surface area contributed by atoms with E-state index < -0.39 is 77.8 Å². The van der Waals surface area contributed by atoms with Gasteiger partial charge in [0.25, 0.3) is 11.7 Å². The molecule has 3 fully saturated rings. The van der Waals surface area contributed by atoms with E-state index in [2.05, 4.69) is 15.4 Å². The molecule has 1 saturated carbocycles. The maximum atomic E-state index is 14.5. The lowest BCUT2D eigenvalue weighted by atomic mass is 9.77. The molecule has 3 aliphatic heterocycles. The van der Waals surface area contributed by atoms with Crippen LogP contribution >= 0.6 is 0 Å². The number of carbonyl (C=O) groups is 5. The summed E-state index contributed by atoms with van der Waals surface area (Å²) in [5.41, 5.74) is 1.27. The van der Waals surface area contributed by atoms with Crippen molar-refractivity contribution in [2.45, 2.75) is 180 Å². The van der Waals surface area contributed by atoms with Crippen molar-refractivity contribution in [3.63, 3.8) is 0 Å². The first kappa shape index (κ1) is 55.7. The topological polar surface area (TPSA) is 219 Å². The summed E-state index contributed by atoms with van der Waals surface area (Å²) in [5, 5.41) is 35.7. The number of ether oxygens (including phenoxy) is 5. The van der Waals surface area contributed by atoms with E-state index in [9.17, 15) is 34.2 Å². The van der Waals surface area contributed by atoms with Gasteiger partial charge in [-0.1, -0.05) is 71.1 Å². The summed E-state index contributed by atoms with van der Waals surface area (Å²) in [6, 6.07) is -1.24. The summed E-state index contributed by atoms with van der Waals surface area (Å²) in [6.07, 6.45) is 13.7. The van der Waals surface area contributed by atoms with Gasteiger partial charge < -0.3 is 38.8 Å². The molecule has 2 N–H and O–H groups in total. The van der Waals surface area contributed by atoms with Crippen LogP contribution in [0.4, 0.5) is 0 Å². The number of piperidine rings is 1. The van der Waals surface area contributed by atoms with E-state index in [1.165, 1.54) is 18.3 Å². The maximum absolute atomic E-state index is 14.5. The van der Waals surface area contributed by atoms with Crippen LogP contribution < -0.4 is 0 Å². The molecule has 0 radical (unpaired) electrons. The number of methoxy groups -OCH3 is 3. The van der Waals surface area contributed by atoms with E-state index in [1.54, 1.807) is 45.9 Å².